The van der Waals surface area contributed by atoms with Crippen LogP contribution < -0.4 is 10.7 Å². The van der Waals surface area contributed by atoms with Crippen molar-refractivity contribution >= 4 is 23.5 Å². The van der Waals surface area contributed by atoms with Crippen molar-refractivity contribution < 1.29 is 14.8 Å². The number of nitrogens with zero attached hydrogens (tertiary/aromatic N) is 2. The summed E-state index contributed by atoms with van der Waals surface area (Å²) in [7, 11) is 0. The number of hydrazone groups is 1. The van der Waals surface area contributed by atoms with Gasteiger partial charge in [-0.2, -0.15) is 5.10 Å². The average Bonchev–Trinajstić information content (AvgIpc) is 2.53. The summed E-state index contributed by atoms with van der Waals surface area (Å²) < 4.78 is 0. The predicted octanol–water partition coefficient (Wildman–Crippen LogP) is 2.17. The lowest BCUT2D eigenvalue weighted by Crippen LogP contribution is -2.25. The van der Waals surface area contributed by atoms with Gasteiger partial charge in [0.2, 0.25) is 0 Å². The number of aromatic hydroxyl groups is 1. The third-order valence-corrected chi connectivity index (χ3v) is 3.07. The quantitative estimate of drug-likeness (QED) is 0.427. The summed E-state index contributed by atoms with van der Waals surface area (Å²) in [5.74, 6) is -0.810. The van der Waals surface area contributed by atoms with E-state index in [1.54, 1.807) is 0 Å². The molecule has 0 aliphatic rings. The molecule has 0 aromatic heterocycles. The second-order valence-corrected chi connectivity index (χ2v) is 5.02. The van der Waals surface area contributed by atoms with Crippen LogP contribution in [0, 0.1) is 17.0 Å². The van der Waals surface area contributed by atoms with Crippen LogP contribution in [0.15, 0.2) is 47.6 Å². The number of carbonyl (C=O) groups excluding carboxylic acids is 1. The highest BCUT2D eigenvalue weighted by Crippen LogP contribution is 2.25. The maximum Gasteiger partial charge on any atom is 0.310 e. The molecule has 0 saturated heterocycles. The molecule has 0 radical (unpaired) electrons. The zero-order chi connectivity index (χ0) is 17.5. The SMILES string of the molecule is Cc1cccc(NCC(=O)NN=Cc2ccc([N+](=O)[O-])c(O)c2)c1. The Morgan fingerprint density at radius 3 is 2.79 bits per heavy atom. The minimum absolute atomic E-state index is 0.0479. The fourth-order valence-corrected chi connectivity index (χ4v) is 1.93. The van der Waals surface area contributed by atoms with Crippen molar-refractivity contribution in [3.05, 3.63) is 63.7 Å². The Labute approximate surface area is 138 Å². The van der Waals surface area contributed by atoms with Crippen LogP contribution in [0.1, 0.15) is 11.1 Å². The lowest BCUT2D eigenvalue weighted by Gasteiger charge is -2.05. The molecule has 0 heterocycles. The zero-order valence-electron chi connectivity index (χ0n) is 12.9. The number of carbonyl (C=O) groups is 1. The second kappa shape index (κ2) is 7.73. The Balaban J connectivity index is 1.86. The number of nitrogens with one attached hydrogen (secondary N) is 2. The molecule has 124 valence electrons. The van der Waals surface area contributed by atoms with Gasteiger partial charge in [0.1, 0.15) is 0 Å². The lowest BCUT2D eigenvalue weighted by molar-refractivity contribution is -0.385. The van der Waals surface area contributed by atoms with Crippen LogP contribution >= 0.6 is 0 Å². The molecule has 0 spiro atoms. The van der Waals surface area contributed by atoms with E-state index in [4.69, 9.17) is 0 Å². The van der Waals surface area contributed by atoms with E-state index in [0.29, 0.717) is 5.56 Å². The molecule has 0 bridgehead atoms. The van der Waals surface area contributed by atoms with Crippen LogP contribution in [-0.4, -0.2) is 28.7 Å². The first-order chi connectivity index (χ1) is 11.5. The molecule has 2 aromatic rings. The number of nitro groups is 1. The van der Waals surface area contributed by atoms with Crippen molar-refractivity contribution in [2.75, 3.05) is 11.9 Å². The van der Waals surface area contributed by atoms with E-state index in [0.717, 1.165) is 17.3 Å². The molecule has 0 fully saturated rings. The van der Waals surface area contributed by atoms with Crippen molar-refractivity contribution in [2.45, 2.75) is 6.92 Å². The average molecular weight is 328 g/mol. The Hall–Kier alpha value is -3.42. The van der Waals surface area contributed by atoms with Gasteiger partial charge in [-0.1, -0.05) is 12.1 Å². The summed E-state index contributed by atoms with van der Waals surface area (Å²) in [5.41, 5.74) is 4.26. The fourth-order valence-electron chi connectivity index (χ4n) is 1.93. The van der Waals surface area contributed by atoms with Gasteiger partial charge in [0, 0.05) is 11.8 Å². The first-order valence-electron chi connectivity index (χ1n) is 7.05. The van der Waals surface area contributed by atoms with Gasteiger partial charge in [-0.3, -0.25) is 14.9 Å². The van der Waals surface area contributed by atoms with Crippen LogP contribution in [-0.2, 0) is 4.79 Å². The fraction of sp³-hybridized carbons (Fsp3) is 0.125. The van der Waals surface area contributed by atoms with Crippen molar-refractivity contribution in [1.82, 2.24) is 5.43 Å². The van der Waals surface area contributed by atoms with E-state index in [2.05, 4.69) is 15.8 Å². The third-order valence-electron chi connectivity index (χ3n) is 3.07. The van der Waals surface area contributed by atoms with Gasteiger partial charge < -0.3 is 10.4 Å². The Kier molecular flexibility index (Phi) is 5.45. The topological polar surface area (TPSA) is 117 Å². The van der Waals surface area contributed by atoms with E-state index in [1.807, 2.05) is 31.2 Å². The lowest BCUT2D eigenvalue weighted by atomic mass is 10.2. The first-order valence-corrected chi connectivity index (χ1v) is 7.05. The number of amides is 1. The highest BCUT2D eigenvalue weighted by molar-refractivity contribution is 5.85. The summed E-state index contributed by atoms with van der Waals surface area (Å²) in [6.07, 6.45) is 1.29. The number of phenols is 1. The number of hydrogen-bond acceptors (Lipinski definition) is 6. The van der Waals surface area contributed by atoms with Crippen molar-refractivity contribution in [2.24, 2.45) is 5.10 Å². The van der Waals surface area contributed by atoms with Gasteiger partial charge in [-0.25, -0.2) is 5.43 Å². The van der Waals surface area contributed by atoms with Gasteiger partial charge in [-0.15, -0.1) is 0 Å². The molecule has 2 rings (SSSR count). The second-order valence-electron chi connectivity index (χ2n) is 5.02. The normalized spacial score (nSPS) is 10.5. The van der Waals surface area contributed by atoms with Gasteiger partial charge in [-0.05, 0) is 42.3 Å². The maximum absolute atomic E-state index is 11.7. The van der Waals surface area contributed by atoms with Gasteiger partial charge in [0.25, 0.3) is 5.91 Å². The molecule has 8 heteroatoms. The first kappa shape index (κ1) is 16.9. The molecule has 0 aliphatic heterocycles. The van der Waals surface area contributed by atoms with E-state index in [1.165, 1.54) is 18.3 Å². The standard InChI is InChI=1S/C16H16N4O4/c1-11-3-2-4-13(7-11)17-10-16(22)19-18-9-12-5-6-14(20(23)24)15(21)8-12/h2-9,17,21H,10H2,1H3,(H,19,22). The highest BCUT2D eigenvalue weighted by atomic mass is 16.6. The minimum Gasteiger partial charge on any atom is -0.502 e. The molecule has 0 aliphatic carbocycles. The zero-order valence-corrected chi connectivity index (χ0v) is 12.9. The van der Waals surface area contributed by atoms with Crippen LogP contribution in [0.5, 0.6) is 5.75 Å². The third kappa shape index (κ3) is 4.80. The summed E-state index contributed by atoms with van der Waals surface area (Å²) in [4.78, 5) is 21.6. The van der Waals surface area contributed by atoms with Crippen molar-refractivity contribution in [3.8, 4) is 5.75 Å². The molecule has 0 saturated carbocycles. The van der Waals surface area contributed by atoms with Crippen molar-refractivity contribution in [3.63, 3.8) is 0 Å². The molecular weight excluding hydrogens is 312 g/mol. The van der Waals surface area contributed by atoms with Crippen LogP contribution in [0.4, 0.5) is 11.4 Å². The van der Waals surface area contributed by atoms with Crippen LogP contribution in [0.3, 0.4) is 0 Å². The Morgan fingerprint density at radius 1 is 1.33 bits per heavy atom. The molecule has 0 atom stereocenters. The number of hydrogen-bond donors (Lipinski definition) is 3. The minimum atomic E-state index is -0.686. The summed E-state index contributed by atoms with van der Waals surface area (Å²) in [6, 6.07) is 11.4. The molecule has 24 heavy (non-hydrogen) atoms. The number of phenolic OH excluding ortho intramolecular Hbond substituents is 1. The summed E-state index contributed by atoms with van der Waals surface area (Å²) in [6.45, 7) is 2.00. The van der Waals surface area contributed by atoms with E-state index in [-0.39, 0.29) is 12.5 Å². The molecule has 0 unspecified atom stereocenters. The monoisotopic (exact) mass is 328 g/mol. The Bertz CT molecular complexity index is 789. The van der Waals surface area contributed by atoms with Crippen LogP contribution in [0.25, 0.3) is 0 Å². The van der Waals surface area contributed by atoms with E-state index in [9.17, 15) is 20.0 Å². The maximum atomic E-state index is 11.7. The number of nitro benzene ring substituents is 1. The number of rotatable bonds is 6. The van der Waals surface area contributed by atoms with E-state index >= 15 is 0 Å². The number of benzene rings is 2. The summed E-state index contributed by atoms with van der Waals surface area (Å²) >= 11 is 0. The Morgan fingerprint density at radius 2 is 2.12 bits per heavy atom. The van der Waals surface area contributed by atoms with Gasteiger partial charge >= 0.3 is 5.69 Å². The number of aryl methyl sites for hydroxylation is 1. The molecule has 8 nitrogen and oxygen atoms in total. The molecular formula is C16H16N4O4. The van der Waals surface area contributed by atoms with Gasteiger partial charge in [0.15, 0.2) is 5.75 Å². The van der Waals surface area contributed by atoms with Crippen molar-refractivity contribution in [1.29, 1.82) is 0 Å². The number of anilines is 1. The summed E-state index contributed by atoms with van der Waals surface area (Å²) in [5, 5.41) is 26.8. The van der Waals surface area contributed by atoms with Gasteiger partial charge in [0.05, 0.1) is 17.7 Å². The largest absolute Gasteiger partial charge is 0.502 e. The van der Waals surface area contributed by atoms with E-state index < -0.39 is 16.4 Å². The molecule has 3 N–H and O–H groups in total. The smallest absolute Gasteiger partial charge is 0.310 e. The van der Waals surface area contributed by atoms with Crippen LogP contribution in [0.2, 0.25) is 0 Å². The molecule has 2 aromatic carbocycles. The molecule has 1 amide bonds. The highest BCUT2D eigenvalue weighted by Gasteiger charge is 2.12. The predicted molar refractivity (Wildman–Crippen MR) is 90.2 cm³/mol.